The molecule has 0 saturated heterocycles. The minimum absolute atomic E-state index is 0.0796. The van der Waals surface area contributed by atoms with Crippen LogP contribution < -0.4 is 10.6 Å². The molecule has 10 heavy (non-hydrogen) atoms. The topological polar surface area (TPSA) is 41.1 Å². The molecule has 0 aromatic carbocycles. The molecule has 0 unspecified atom stereocenters. The molecule has 2 N–H and O–H groups in total. The fourth-order valence-electron chi connectivity index (χ4n) is 0.638. The molecule has 0 atom stereocenters. The summed E-state index contributed by atoms with van der Waals surface area (Å²) in [4.78, 5) is 10.7. The van der Waals surface area contributed by atoms with E-state index in [1.165, 1.54) is 0 Å². The normalized spacial score (nSPS) is 9.40. The molecule has 3 nitrogen and oxygen atoms in total. The molecule has 0 spiro atoms. The first-order valence-corrected chi connectivity index (χ1v) is 3.78. The van der Waals surface area contributed by atoms with Crippen LogP contribution in [0.1, 0.15) is 20.3 Å². The first kappa shape index (κ1) is 9.43. The Labute approximate surface area is 62.2 Å². The zero-order valence-electron chi connectivity index (χ0n) is 6.74. The van der Waals surface area contributed by atoms with Gasteiger partial charge in [-0.15, -0.1) is 0 Å². The molecule has 3 heteroatoms. The summed E-state index contributed by atoms with van der Waals surface area (Å²) in [5.41, 5.74) is 0. The number of nitrogens with one attached hydrogen (secondary N) is 2. The van der Waals surface area contributed by atoms with Gasteiger partial charge in [0.1, 0.15) is 0 Å². The Balaban J connectivity index is 3.05. The van der Waals surface area contributed by atoms with Crippen LogP contribution in [-0.2, 0) is 4.79 Å². The Morgan fingerprint density at radius 2 is 2.10 bits per heavy atom. The van der Waals surface area contributed by atoms with Crippen molar-refractivity contribution in [3.8, 4) is 0 Å². The van der Waals surface area contributed by atoms with Crippen molar-refractivity contribution in [1.29, 1.82) is 0 Å². The van der Waals surface area contributed by atoms with Gasteiger partial charge in [-0.2, -0.15) is 0 Å². The first-order valence-electron chi connectivity index (χ1n) is 3.78. The molecule has 0 aliphatic carbocycles. The zero-order chi connectivity index (χ0) is 7.82. The van der Waals surface area contributed by atoms with Crippen LogP contribution in [0.3, 0.4) is 0 Å². The van der Waals surface area contributed by atoms with Gasteiger partial charge in [0.15, 0.2) is 0 Å². The van der Waals surface area contributed by atoms with E-state index in [4.69, 9.17) is 0 Å². The van der Waals surface area contributed by atoms with E-state index in [0.717, 1.165) is 13.0 Å². The SMILES string of the molecule is CCCNCC(=O)NCC. The van der Waals surface area contributed by atoms with Crippen molar-refractivity contribution >= 4 is 5.91 Å². The highest BCUT2D eigenvalue weighted by molar-refractivity contribution is 5.77. The first-order chi connectivity index (χ1) is 4.81. The standard InChI is InChI=1S/C7H16N2O/c1-3-5-8-6-7(10)9-4-2/h8H,3-6H2,1-2H3,(H,9,10). The van der Waals surface area contributed by atoms with Crippen LogP contribution in [-0.4, -0.2) is 25.5 Å². The molecule has 60 valence electrons. The van der Waals surface area contributed by atoms with E-state index in [1.807, 2.05) is 6.92 Å². The van der Waals surface area contributed by atoms with E-state index >= 15 is 0 Å². The Kier molecular flexibility index (Phi) is 6.18. The smallest absolute Gasteiger partial charge is 0.233 e. The molecule has 0 bridgehead atoms. The maximum atomic E-state index is 10.7. The highest BCUT2D eigenvalue weighted by Crippen LogP contribution is 1.69. The highest BCUT2D eigenvalue weighted by Gasteiger charge is 1.94. The van der Waals surface area contributed by atoms with Crippen molar-refractivity contribution < 1.29 is 4.79 Å². The zero-order valence-corrected chi connectivity index (χ0v) is 6.74. The van der Waals surface area contributed by atoms with Gasteiger partial charge in [0, 0.05) is 6.54 Å². The Hall–Kier alpha value is -0.570. The number of likely N-dealkylation sites (N-methyl/N-ethyl adjacent to an activating group) is 1. The molecule has 0 saturated carbocycles. The lowest BCUT2D eigenvalue weighted by molar-refractivity contribution is -0.120. The van der Waals surface area contributed by atoms with Gasteiger partial charge in [0.05, 0.1) is 6.54 Å². The van der Waals surface area contributed by atoms with Crippen molar-refractivity contribution in [3.05, 3.63) is 0 Å². The van der Waals surface area contributed by atoms with Gasteiger partial charge in [-0.25, -0.2) is 0 Å². The summed E-state index contributed by atoms with van der Waals surface area (Å²) < 4.78 is 0. The summed E-state index contributed by atoms with van der Waals surface area (Å²) in [6.45, 7) is 6.06. The third-order valence-electron chi connectivity index (χ3n) is 1.09. The van der Waals surface area contributed by atoms with E-state index in [1.54, 1.807) is 0 Å². The minimum Gasteiger partial charge on any atom is -0.355 e. The summed E-state index contributed by atoms with van der Waals surface area (Å²) in [6.07, 6.45) is 1.07. The molecule has 0 aromatic rings. The Morgan fingerprint density at radius 3 is 2.60 bits per heavy atom. The van der Waals surface area contributed by atoms with Crippen LogP contribution in [0.15, 0.2) is 0 Å². The van der Waals surface area contributed by atoms with E-state index in [-0.39, 0.29) is 5.91 Å². The fraction of sp³-hybridized carbons (Fsp3) is 0.857. The van der Waals surface area contributed by atoms with Crippen LogP contribution >= 0.6 is 0 Å². The molecule has 0 radical (unpaired) electrons. The van der Waals surface area contributed by atoms with Crippen molar-refractivity contribution in [2.75, 3.05) is 19.6 Å². The molecule has 0 rings (SSSR count). The number of carbonyl (C=O) groups is 1. The number of amides is 1. The fourth-order valence-corrected chi connectivity index (χ4v) is 0.638. The second-order valence-corrected chi connectivity index (χ2v) is 2.13. The van der Waals surface area contributed by atoms with Crippen molar-refractivity contribution in [1.82, 2.24) is 10.6 Å². The number of carbonyl (C=O) groups excluding carboxylic acids is 1. The number of hydrogen-bond acceptors (Lipinski definition) is 2. The number of rotatable bonds is 5. The van der Waals surface area contributed by atoms with Crippen LogP contribution in [0.5, 0.6) is 0 Å². The molecule has 0 aliphatic rings. The van der Waals surface area contributed by atoms with Crippen LogP contribution in [0.4, 0.5) is 0 Å². The van der Waals surface area contributed by atoms with Crippen LogP contribution in [0, 0.1) is 0 Å². The van der Waals surface area contributed by atoms with Gasteiger partial charge in [-0.1, -0.05) is 6.92 Å². The lowest BCUT2D eigenvalue weighted by Crippen LogP contribution is -2.33. The molecular weight excluding hydrogens is 128 g/mol. The molecule has 1 amide bonds. The van der Waals surface area contributed by atoms with Gasteiger partial charge in [0.2, 0.25) is 5.91 Å². The molecule has 0 aliphatic heterocycles. The van der Waals surface area contributed by atoms with Crippen molar-refractivity contribution in [2.45, 2.75) is 20.3 Å². The molecule has 0 heterocycles. The van der Waals surface area contributed by atoms with Gasteiger partial charge in [0.25, 0.3) is 0 Å². The average Bonchev–Trinajstić information content (AvgIpc) is 1.89. The minimum atomic E-state index is 0.0796. The lowest BCUT2D eigenvalue weighted by atomic mass is 10.4. The lowest BCUT2D eigenvalue weighted by Gasteiger charge is -2.01. The third-order valence-corrected chi connectivity index (χ3v) is 1.09. The van der Waals surface area contributed by atoms with E-state index < -0.39 is 0 Å². The third kappa shape index (κ3) is 5.56. The summed E-state index contributed by atoms with van der Waals surface area (Å²) in [7, 11) is 0. The monoisotopic (exact) mass is 144 g/mol. The van der Waals surface area contributed by atoms with Crippen molar-refractivity contribution in [2.24, 2.45) is 0 Å². The van der Waals surface area contributed by atoms with Gasteiger partial charge < -0.3 is 10.6 Å². The average molecular weight is 144 g/mol. The van der Waals surface area contributed by atoms with Gasteiger partial charge >= 0.3 is 0 Å². The second kappa shape index (κ2) is 6.55. The number of hydrogen-bond donors (Lipinski definition) is 2. The van der Waals surface area contributed by atoms with Gasteiger partial charge in [-0.05, 0) is 19.9 Å². The highest BCUT2D eigenvalue weighted by atomic mass is 16.1. The molecule has 0 fully saturated rings. The summed E-state index contributed by atoms with van der Waals surface area (Å²) in [6, 6.07) is 0. The summed E-state index contributed by atoms with van der Waals surface area (Å²) >= 11 is 0. The maximum absolute atomic E-state index is 10.7. The second-order valence-electron chi connectivity index (χ2n) is 2.13. The maximum Gasteiger partial charge on any atom is 0.233 e. The summed E-state index contributed by atoms with van der Waals surface area (Å²) in [5.74, 6) is 0.0796. The molecule has 0 aromatic heterocycles. The predicted molar refractivity (Wildman–Crippen MR) is 41.8 cm³/mol. The predicted octanol–water partition coefficient (Wildman–Crippen LogP) is 0.122. The Morgan fingerprint density at radius 1 is 1.40 bits per heavy atom. The Bertz CT molecular complexity index is 93.6. The largest absolute Gasteiger partial charge is 0.355 e. The van der Waals surface area contributed by atoms with E-state index in [2.05, 4.69) is 17.6 Å². The van der Waals surface area contributed by atoms with Crippen LogP contribution in [0.25, 0.3) is 0 Å². The van der Waals surface area contributed by atoms with Crippen molar-refractivity contribution in [3.63, 3.8) is 0 Å². The summed E-state index contributed by atoms with van der Waals surface area (Å²) in [5, 5.41) is 5.71. The van der Waals surface area contributed by atoms with E-state index in [9.17, 15) is 4.79 Å². The van der Waals surface area contributed by atoms with Gasteiger partial charge in [-0.3, -0.25) is 4.79 Å². The van der Waals surface area contributed by atoms with Crippen LogP contribution in [0.2, 0.25) is 0 Å². The molecular formula is C7H16N2O. The van der Waals surface area contributed by atoms with E-state index in [0.29, 0.717) is 13.1 Å². The quantitative estimate of drug-likeness (QED) is 0.538.